The zero-order valence-electron chi connectivity index (χ0n) is 8.01. The van der Waals surface area contributed by atoms with Crippen LogP contribution >= 0.6 is 0 Å². The van der Waals surface area contributed by atoms with E-state index < -0.39 is 24.0 Å². The molecule has 5 heteroatoms. The van der Waals surface area contributed by atoms with Gasteiger partial charge in [-0.1, -0.05) is 17.7 Å². The summed E-state index contributed by atoms with van der Waals surface area (Å²) >= 11 is 0. The Morgan fingerprint density at radius 2 is 2.00 bits per heavy atom. The van der Waals surface area contributed by atoms with Gasteiger partial charge in [0.25, 0.3) is 0 Å². The van der Waals surface area contributed by atoms with Crippen LogP contribution in [0, 0.1) is 12.7 Å². The highest BCUT2D eigenvalue weighted by Crippen LogP contribution is 2.21. The van der Waals surface area contributed by atoms with Gasteiger partial charge < -0.3 is 15.3 Å². The van der Waals surface area contributed by atoms with Crippen molar-refractivity contribution in [3.05, 3.63) is 35.1 Å². The van der Waals surface area contributed by atoms with Gasteiger partial charge in [0.05, 0.1) is 0 Å². The fourth-order valence-electron chi connectivity index (χ4n) is 1.19. The fourth-order valence-corrected chi connectivity index (χ4v) is 1.19. The van der Waals surface area contributed by atoms with E-state index in [0.29, 0.717) is 5.56 Å². The Hall–Kier alpha value is -1.46. The number of aliphatic carboxylic acids is 1. The van der Waals surface area contributed by atoms with E-state index in [0.717, 1.165) is 6.07 Å². The first kappa shape index (κ1) is 11.6. The number of halogens is 1. The second-order valence-electron chi connectivity index (χ2n) is 3.25. The molecule has 0 spiro atoms. The molecule has 15 heavy (non-hydrogen) atoms. The van der Waals surface area contributed by atoms with Gasteiger partial charge in [0, 0.05) is 5.56 Å². The van der Waals surface area contributed by atoms with Crippen molar-refractivity contribution in [1.29, 1.82) is 0 Å². The van der Waals surface area contributed by atoms with Crippen LogP contribution in [0.4, 0.5) is 4.39 Å². The van der Waals surface area contributed by atoms with Crippen LogP contribution in [0.2, 0.25) is 0 Å². The van der Waals surface area contributed by atoms with Crippen molar-refractivity contribution in [2.75, 3.05) is 0 Å². The molecule has 0 aliphatic heterocycles. The normalized spacial score (nSPS) is 14.7. The van der Waals surface area contributed by atoms with E-state index in [-0.39, 0.29) is 5.56 Å². The van der Waals surface area contributed by atoms with Crippen LogP contribution in [0.5, 0.6) is 0 Å². The monoisotopic (exact) mass is 214 g/mol. The lowest BCUT2D eigenvalue weighted by Crippen LogP contribution is -2.28. The average Bonchev–Trinajstić information content (AvgIpc) is 2.19. The molecule has 1 aromatic carbocycles. The molecule has 0 heterocycles. The highest BCUT2D eigenvalue weighted by atomic mass is 19.1. The lowest BCUT2D eigenvalue weighted by atomic mass is 10.0. The number of rotatable bonds is 3. The second kappa shape index (κ2) is 4.37. The third-order valence-electron chi connectivity index (χ3n) is 2.02. The molecule has 0 aliphatic rings. The molecule has 3 N–H and O–H groups in total. The molecule has 2 unspecified atom stereocenters. The topological polar surface area (TPSA) is 77.8 Å². The summed E-state index contributed by atoms with van der Waals surface area (Å²) in [6, 6.07) is 3.90. The summed E-state index contributed by atoms with van der Waals surface area (Å²) in [6.45, 7) is 1.67. The summed E-state index contributed by atoms with van der Waals surface area (Å²) in [6.07, 6.45) is -3.79. The minimum Gasteiger partial charge on any atom is -0.479 e. The minimum absolute atomic E-state index is 0.218. The van der Waals surface area contributed by atoms with E-state index >= 15 is 0 Å². The molecule has 4 nitrogen and oxygen atoms in total. The average molecular weight is 214 g/mol. The predicted octanol–water partition coefficient (Wildman–Crippen LogP) is 0.613. The quantitative estimate of drug-likeness (QED) is 0.689. The number of benzene rings is 1. The first-order valence-electron chi connectivity index (χ1n) is 4.28. The number of hydrogen-bond donors (Lipinski definition) is 3. The summed E-state index contributed by atoms with van der Waals surface area (Å²) in [4.78, 5) is 10.4. The lowest BCUT2D eigenvalue weighted by molar-refractivity contribution is -0.153. The van der Waals surface area contributed by atoms with Crippen molar-refractivity contribution >= 4 is 5.97 Å². The zero-order valence-corrected chi connectivity index (χ0v) is 8.01. The molecule has 0 aliphatic carbocycles. The summed E-state index contributed by atoms with van der Waals surface area (Å²) in [7, 11) is 0. The highest BCUT2D eigenvalue weighted by Gasteiger charge is 2.27. The van der Waals surface area contributed by atoms with Crippen LogP contribution < -0.4 is 0 Å². The second-order valence-corrected chi connectivity index (χ2v) is 3.25. The SMILES string of the molecule is Cc1ccc(F)c(C(O)C(O)C(=O)O)c1. The minimum atomic E-state index is -2.03. The van der Waals surface area contributed by atoms with Crippen molar-refractivity contribution in [1.82, 2.24) is 0 Å². The molecule has 0 saturated carbocycles. The van der Waals surface area contributed by atoms with E-state index in [9.17, 15) is 14.3 Å². The summed E-state index contributed by atoms with van der Waals surface area (Å²) in [5.41, 5.74) is 0.452. The highest BCUT2D eigenvalue weighted by molar-refractivity contribution is 5.73. The molecule has 0 radical (unpaired) electrons. The van der Waals surface area contributed by atoms with Crippen LogP contribution in [-0.4, -0.2) is 27.4 Å². The van der Waals surface area contributed by atoms with Gasteiger partial charge in [0.2, 0.25) is 0 Å². The lowest BCUT2D eigenvalue weighted by Gasteiger charge is -2.15. The summed E-state index contributed by atoms with van der Waals surface area (Å²) < 4.78 is 13.2. The maximum atomic E-state index is 13.2. The van der Waals surface area contributed by atoms with Crippen LogP contribution in [0.3, 0.4) is 0 Å². The van der Waals surface area contributed by atoms with Gasteiger partial charge in [-0.2, -0.15) is 0 Å². The number of carboxylic acid groups (broad SMARTS) is 1. The van der Waals surface area contributed by atoms with Crippen LogP contribution in [0.25, 0.3) is 0 Å². The number of aliphatic hydroxyl groups is 2. The molecule has 0 aromatic heterocycles. The molecule has 1 rings (SSSR count). The Labute approximate surface area is 85.6 Å². The first-order valence-corrected chi connectivity index (χ1v) is 4.28. The largest absolute Gasteiger partial charge is 0.479 e. The number of carboxylic acids is 1. The Morgan fingerprint density at radius 1 is 1.40 bits per heavy atom. The van der Waals surface area contributed by atoms with Gasteiger partial charge >= 0.3 is 5.97 Å². The summed E-state index contributed by atoms with van der Waals surface area (Å²) in [5.74, 6) is -2.34. The van der Waals surface area contributed by atoms with Crippen LogP contribution in [0.1, 0.15) is 17.2 Å². The Bertz CT molecular complexity index is 378. The molecular formula is C10H11FO4. The molecule has 2 atom stereocenters. The Kier molecular flexibility index (Phi) is 3.39. The molecular weight excluding hydrogens is 203 g/mol. The predicted molar refractivity (Wildman–Crippen MR) is 49.7 cm³/mol. The smallest absolute Gasteiger partial charge is 0.335 e. The van der Waals surface area contributed by atoms with E-state index in [1.165, 1.54) is 12.1 Å². The number of carbonyl (C=O) groups is 1. The maximum absolute atomic E-state index is 13.2. The molecule has 82 valence electrons. The van der Waals surface area contributed by atoms with Gasteiger partial charge in [-0.3, -0.25) is 0 Å². The van der Waals surface area contributed by atoms with E-state index in [1.807, 2.05) is 0 Å². The van der Waals surface area contributed by atoms with E-state index in [4.69, 9.17) is 10.2 Å². The van der Waals surface area contributed by atoms with E-state index in [1.54, 1.807) is 6.92 Å². The van der Waals surface area contributed by atoms with Crippen molar-refractivity contribution < 1.29 is 24.5 Å². The molecule has 1 aromatic rings. The third kappa shape index (κ3) is 2.51. The van der Waals surface area contributed by atoms with Crippen LogP contribution in [0.15, 0.2) is 18.2 Å². The van der Waals surface area contributed by atoms with Gasteiger partial charge in [0.15, 0.2) is 6.10 Å². The Morgan fingerprint density at radius 3 is 2.53 bits per heavy atom. The number of aryl methyl sites for hydroxylation is 1. The van der Waals surface area contributed by atoms with Gasteiger partial charge in [0.1, 0.15) is 11.9 Å². The molecule has 0 bridgehead atoms. The first-order chi connectivity index (χ1) is 6.93. The van der Waals surface area contributed by atoms with Crippen molar-refractivity contribution in [3.8, 4) is 0 Å². The molecule has 0 amide bonds. The van der Waals surface area contributed by atoms with Crippen molar-refractivity contribution in [3.63, 3.8) is 0 Å². The van der Waals surface area contributed by atoms with E-state index in [2.05, 4.69) is 0 Å². The fraction of sp³-hybridized carbons (Fsp3) is 0.300. The van der Waals surface area contributed by atoms with Crippen molar-refractivity contribution in [2.45, 2.75) is 19.1 Å². The van der Waals surface area contributed by atoms with Gasteiger partial charge in [-0.15, -0.1) is 0 Å². The van der Waals surface area contributed by atoms with Gasteiger partial charge in [-0.25, -0.2) is 9.18 Å². The molecule has 0 fully saturated rings. The zero-order chi connectivity index (χ0) is 11.6. The summed E-state index contributed by atoms with van der Waals surface area (Å²) in [5, 5.41) is 26.9. The maximum Gasteiger partial charge on any atom is 0.335 e. The van der Waals surface area contributed by atoms with Crippen molar-refractivity contribution in [2.24, 2.45) is 0 Å². The molecule has 0 saturated heterocycles. The number of aliphatic hydroxyl groups excluding tert-OH is 2. The number of hydrogen-bond acceptors (Lipinski definition) is 3. The Balaban J connectivity index is 3.04. The third-order valence-corrected chi connectivity index (χ3v) is 2.02. The van der Waals surface area contributed by atoms with Crippen LogP contribution in [-0.2, 0) is 4.79 Å². The standard InChI is InChI=1S/C10H11FO4/c1-5-2-3-7(11)6(4-5)8(12)9(13)10(14)15/h2-4,8-9,12-13H,1H3,(H,14,15). The van der Waals surface area contributed by atoms with Gasteiger partial charge in [-0.05, 0) is 13.0 Å².